The first-order valence-corrected chi connectivity index (χ1v) is 10.6. The lowest BCUT2D eigenvalue weighted by atomic mass is 10.1. The van der Waals surface area contributed by atoms with Gasteiger partial charge < -0.3 is 25.0 Å². The predicted molar refractivity (Wildman–Crippen MR) is 120 cm³/mol. The highest BCUT2D eigenvalue weighted by Crippen LogP contribution is 2.40. The summed E-state index contributed by atoms with van der Waals surface area (Å²) in [4.78, 5) is 8.02. The van der Waals surface area contributed by atoms with Crippen molar-refractivity contribution >= 4 is 11.4 Å². The Morgan fingerprint density at radius 1 is 1.31 bits per heavy atom. The van der Waals surface area contributed by atoms with Crippen molar-refractivity contribution in [2.45, 2.75) is 39.0 Å². The van der Waals surface area contributed by atoms with Crippen molar-refractivity contribution in [2.75, 3.05) is 39.6 Å². The number of aromatic nitrogens is 1. The third kappa shape index (κ3) is 7.87. The maximum atomic E-state index is 12.7. The second-order valence-electron chi connectivity index (χ2n) is 7.91. The standard InChI is InChI=1S/C23H33F3N4O2/c1-6-18(20-13-21(22(27)28-14-20)32-23(24,25)26)15-30(17(3)19-7-8-19)16(2)9-10-29(4)11-12-31-5/h13-15,19H,2-3,6-12H2,1,4-5H3,(H2,27,28)/b18-15+. The van der Waals surface area contributed by atoms with Crippen molar-refractivity contribution in [1.29, 1.82) is 0 Å². The van der Waals surface area contributed by atoms with Gasteiger partial charge in [0.15, 0.2) is 11.6 Å². The summed E-state index contributed by atoms with van der Waals surface area (Å²) in [6, 6.07) is 1.27. The van der Waals surface area contributed by atoms with Crippen molar-refractivity contribution in [3.05, 3.63) is 48.6 Å². The molecule has 6 nitrogen and oxygen atoms in total. The molecule has 0 radical (unpaired) electrons. The highest BCUT2D eigenvalue weighted by molar-refractivity contribution is 5.68. The summed E-state index contributed by atoms with van der Waals surface area (Å²) in [7, 11) is 3.68. The van der Waals surface area contributed by atoms with Gasteiger partial charge in [0.1, 0.15) is 0 Å². The Bertz CT molecular complexity index is 835. The van der Waals surface area contributed by atoms with E-state index in [-0.39, 0.29) is 5.82 Å². The molecule has 0 aromatic carbocycles. The second-order valence-corrected chi connectivity index (χ2v) is 7.91. The minimum Gasteiger partial charge on any atom is -0.402 e. The fourth-order valence-corrected chi connectivity index (χ4v) is 3.15. The van der Waals surface area contributed by atoms with Gasteiger partial charge in [-0.1, -0.05) is 20.1 Å². The number of nitrogens with two attached hydrogens (primary N) is 1. The first-order chi connectivity index (χ1) is 15.1. The Kier molecular flexibility index (Phi) is 9.15. The number of nitrogen functional groups attached to an aromatic ring is 1. The van der Waals surface area contributed by atoms with Crippen LogP contribution in [-0.2, 0) is 4.74 Å². The number of anilines is 1. The molecule has 0 spiro atoms. The molecule has 1 aromatic rings. The zero-order valence-electron chi connectivity index (χ0n) is 19.0. The van der Waals surface area contributed by atoms with Gasteiger partial charge in [0.2, 0.25) is 0 Å². The van der Waals surface area contributed by atoms with Crippen LogP contribution in [0, 0.1) is 5.92 Å². The normalized spacial score (nSPS) is 14.5. The van der Waals surface area contributed by atoms with Gasteiger partial charge >= 0.3 is 6.36 Å². The number of hydrogen-bond donors (Lipinski definition) is 1. The quantitative estimate of drug-likeness (QED) is 0.452. The smallest absolute Gasteiger partial charge is 0.402 e. The first-order valence-electron chi connectivity index (χ1n) is 10.6. The Morgan fingerprint density at radius 3 is 2.56 bits per heavy atom. The molecule has 9 heteroatoms. The van der Waals surface area contributed by atoms with Gasteiger partial charge in [-0.25, -0.2) is 4.98 Å². The molecule has 1 saturated carbocycles. The summed E-state index contributed by atoms with van der Waals surface area (Å²) < 4.78 is 47.3. The number of alkyl halides is 3. The summed E-state index contributed by atoms with van der Waals surface area (Å²) in [6.07, 6.45) is 1.90. The highest BCUT2D eigenvalue weighted by atomic mass is 19.4. The molecular formula is C23H33F3N4O2. The molecule has 1 heterocycles. The van der Waals surface area contributed by atoms with Crippen LogP contribution < -0.4 is 10.5 Å². The second kappa shape index (κ2) is 11.4. The number of likely N-dealkylation sites (N-methyl/N-ethyl adjacent to an activating group) is 1. The van der Waals surface area contributed by atoms with Crippen LogP contribution in [0.5, 0.6) is 5.75 Å². The summed E-state index contributed by atoms with van der Waals surface area (Å²) in [5.74, 6) is -0.439. The van der Waals surface area contributed by atoms with E-state index in [4.69, 9.17) is 10.5 Å². The molecule has 2 rings (SSSR count). The average molecular weight is 455 g/mol. The minimum atomic E-state index is -4.85. The van der Waals surface area contributed by atoms with E-state index < -0.39 is 12.1 Å². The number of methoxy groups -OCH3 is 1. The topological polar surface area (TPSA) is 63.9 Å². The molecule has 1 fully saturated rings. The Morgan fingerprint density at radius 2 is 2.00 bits per heavy atom. The summed E-state index contributed by atoms with van der Waals surface area (Å²) in [6.45, 7) is 12.7. The third-order valence-corrected chi connectivity index (χ3v) is 5.30. The number of rotatable bonds is 13. The van der Waals surface area contributed by atoms with E-state index in [1.165, 1.54) is 12.3 Å². The number of allylic oxidation sites excluding steroid dienone is 2. The number of pyridine rings is 1. The molecule has 32 heavy (non-hydrogen) atoms. The average Bonchev–Trinajstić information content (AvgIpc) is 3.57. The zero-order chi connectivity index (χ0) is 23.9. The van der Waals surface area contributed by atoms with Crippen LogP contribution in [-0.4, -0.2) is 55.0 Å². The molecule has 1 aromatic heterocycles. The summed E-state index contributed by atoms with van der Waals surface area (Å²) >= 11 is 0. The van der Waals surface area contributed by atoms with Crippen LogP contribution in [0.25, 0.3) is 5.57 Å². The van der Waals surface area contributed by atoms with E-state index >= 15 is 0 Å². The lowest BCUT2D eigenvalue weighted by molar-refractivity contribution is -0.274. The summed E-state index contributed by atoms with van der Waals surface area (Å²) in [5.41, 5.74) is 8.66. The van der Waals surface area contributed by atoms with E-state index in [2.05, 4.69) is 27.8 Å². The largest absolute Gasteiger partial charge is 0.573 e. The monoisotopic (exact) mass is 454 g/mol. The lowest BCUT2D eigenvalue weighted by Gasteiger charge is -2.28. The molecule has 0 aliphatic heterocycles. The molecule has 2 N–H and O–H groups in total. The maximum absolute atomic E-state index is 12.7. The molecule has 1 aliphatic carbocycles. The third-order valence-electron chi connectivity index (χ3n) is 5.30. The molecule has 0 unspecified atom stereocenters. The number of nitrogens with zero attached hydrogens (tertiary/aromatic N) is 3. The number of hydrogen-bond acceptors (Lipinski definition) is 6. The van der Waals surface area contributed by atoms with Crippen LogP contribution in [0.3, 0.4) is 0 Å². The van der Waals surface area contributed by atoms with Gasteiger partial charge in [0.25, 0.3) is 0 Å². The Hall–Kier alpha value is -2.52. The van der Waals surface area contributed by atoms with Crippen LogP contribution >= 0.6 is 0 Å². The molecule has 0 saturated heterocycles. The van der Waals surface area contributed by atoms with Crippen LogP contribution in [0.1, 0.15) is 38.2 Å². The van der Waals surface area contributed by atoms with Crippen molar-refractivity contribution < 1.29 is 22.6 Å². The molecular weight excluding hydrogens is 421 g/mol. The predicted octanol–water partition coefficient (Wildman–Crippen LogP) is 5.02. The van der Waals surface area contributed by atoms with E-state index in [0.717, 1.165) is 42.9 Å². The molecule has 178 valence electrons. The first kappa shape index (κ1) is 25.7. The van der Waals surface area contributed by atoms with Crippen LogP contribution in [0.4, 0.5) is 19.0 Å². The van der Waals surface area contributed by atoms with Gasteiger partial charge in [-0.3, -0.25) is 0 Å². The molecule has 0 atom stereocenters. The fraction of sp³-hybridized carbons (Fsp3) is 0.522. The van der Waals surface area contributed by atoms with Gasteiger partial charge in [0.05, 0.1) is 6.61 Å². The van der Waals surface area contributed by atoms with E-state index in [9.17, 15) is 13.2 Å². The van der Waals surface area contributed by atoms with E-state index in [1.807, 2.05) is 25.1 Å². The van der Waals surface area contributed by atoms with Crippen molar-refractivity contribution in [3.63, 3.8) is 0 Å². The Labute approximate surface area is 188 Å². The lowest BCUT2D eigenvalue weighted by Crippen LogP contribution is -2.26. The molecule has 0 amide bonds. The fourth-order valence-electron chi connectivity index (χ4n) is 3.15. The molecule has 1 aliphatic rings. The molecule has 0 bridgehead atoms. The van der Waals surface area contributed by atoms with Gasteiger partial charge in [-0.15, -0.1) is 13.2 Å². The minimum absolute atomic E-state index is 0.315. The SMILES string of the molecule is C=C(CCN(C)CCOC)N(/C=C(\CC)c1cnc(N)c(OC(F)(F)F)c1)C(=C)C1CC1. The maximum Gasteiger partial charge on any atom is 0.573 e. The van der Waals surface area contributed by atoms with Crippen molar-refractivity contribution in [1.82, 2.24) is 14.8 Å². The van der Waals surface area contributed by atoms with Crippen molar-refractivity contribution in [2.24, 2.45) is 5.92 Å². The zero-order valence-corrected chi connectivity index (χ0v) is 19.0. The van der Waals surface area contributed by atoms with Gasteiger partial charge in [0, 0.05) is 56.0 Å². The Balaban J connectivity index is 2.26. The van der Waals surface area contributed by atoms with Gasteiger partial charge in [-0.2, -0.15) is 0 Å². The van der Waals surface area contributed by atoms with Crippen molar-refractivity contribution in [3.8, 4) is 5.75 Å². The highest BCUT2D eigenvalue weighted by Gasteiger charge is 2.32. The van der Waals surface area contributed by atoms with Crippen LogP contribution in [0.15, 0.2) is 43.0 Å². The van der Waals surface area contributed by atoms with Gasteiger partial charge in [-0.05, 0) is 43.9 Å². The number of halogens is 3. The summed E-state index contributed by atoms with van der Waals surface area (Å²) in [5, 5.41) is 0. The van der Waals surface area contributed by atoms with E-state index in [0.29, 0.717) is 30.9 Å². The number of ether oxygens (including phenoxy) is 2. The van der Waals surface area contributed by atoms with E-state index in [1.54, 1.807) is 7.11 Å². The van der Waals surface area contributed by atoms with Crippen LogP contribution in [0.2, 0.25) is 0 Å².